The van der Waals surface area contributed by atoms with Crippen molar-refractivity contribution in [2.75, 3.05) is 0 Å². The molecule has 1 heterocycles. The van der Waals surface area contributed by atoms with E-state index < -0.39 is 0 Å². The third-order valence-electron chi connectivity index (χ3n) is 2.59. The first-order valence-electron chi connectivity index (χ1n) is 6.19. The Bertz CT molecular complexity index is 269. The van der Waals surface area contributed by atoms with E-state index in [4.69, 9.17) is 9.78 Å². The monoisotopic (exact) mass is 318 g/mol. The van der Waals surface area contributed by atoms with Gasteiger partial charge in [0.1, 0.15) is 13.2 Å². The van der Waals surface area contributed by atoms with Gasteiger partial charge in [0.25, 0.3) is 0 Å². The summed E-state index contributed by atoms with van der Waals surface area (Å²) < 4.78 is 0. The van der Waals surface area contributed by atoms with Crippen molar-refractivity contribution in [3.8, 4) is 0 Å². The summed E-state index contributed by atoms with van der Waals surface area (Å²) in [5.41, 5.74) is 2.46. The van der Waals surface area contributed by atoms with Crippen LogP contribution >= 0.6 is 0 Å². The van der Waals surface area contributed by atoms with Crippen LogP contribution < -0.4 is 0 Å². The molecule has 1 aromatic rings. The first-order chi connectivity index (χ1) is 7.88. The molecule has 0 radical (unpaired) electrons. The van der Waals surface area contributed by atoms with Crippen LogP contribution in [0.2, 0.25) is 0 Å². The lowest BCUT2D eigenvalue weighted by molar-refractivity contribution is -0.322. The molecule has 0 N–H and O–H groups in total. The molecule has 0 amide bonds. The van der Waals surface area contributed by atoms with Gasteiger partial charge in [0.05, 0.1) is 0 Å². The highest BCUT2D eigenvalue weighted by molar-refractivity contribution is 7.56. The van der Waals surface area contributed by atoms with Crippen LogP contribution in [-0.4, -0.2) is 53.7 Å². The van der Waals surface area contributed by atoms with E-state index in [1.165, 1.54) is 11.1 Å². The number of hydrogen-bond donors (Lipinski definition) is 0. The summed E-state index contributed by atoms with van der Waals surface area (Å²) in [7, 11) is 6.67. The molecule has 2 rings (SSSR count). The fraction of sp³-hybridized carbons (Fsp3) is 0.250. The maximum absolute atomic E-state index is 4.80. The van der Waals surface area contributed by atoms with Crippen LogP contribution in [0.1, 0.15) is 11.1 Å². The fourth-order valence-electron chi connectivity index (χ4n) is 1.55. The smallest absolute Gasteiger partial charge is 0.108 e. The van der Waals surface area contributed by atoms with Gasteiger partial charge >= 0.3 is 0 Å². The van der Waals surface area contributed by atoms with Crippen LogP contribution in [0.15, 0.2) is 24.3 Å². The highest BCUT2D eigenvalue weighted by Gasteiger charge is 2.07. The van der Waals surface area contributed by atoms with E-state index in [1.54, 1.807) is 19.5 Å². The molecule has 0 aromatic heterocycles. The van der Waals surface area contributed by atoms with Crippen LogP contribution in [0.4, 0.5) is 0 Å². The van der Waals surface area contributed by atoms with E-state index in [0.29, 0.717) is 13.2 Å². The normalized spacial score (nSPS) is 17.0. The Balaban J connectivity index is 0.000000187. The zero-order chi connectivity index (χ0) is 11.6. The molecule has 2 nitrogen and oxygen atoms in total. The molecule has 1 aliphatic rings. The maximum atomic E-state index is 4.80. The summed E-state index contributed by atoms with van der Waals surface area (Å²) in [6.07, 6.45) is 0. The molecule has 0 saturated carbocycles. The van der Waals surface area contributed by atoms with Gasteiger partial charge in [-0.25, -0.2) is 9.78 Å². The third-order valence-corrected chi connectivity index (χ3v) is 79.2. The molecular weight excluding hydrogens is 297 g/mol. The van der Waals surface area contributed by atoms with Crippen molar-refractivity contribution >= 4 is 53.7 Å². The first-order valence-corrected chi connectivity index (χ1v) is 29.5. The van der Waals surface area contributed by atoms with E-state index >= 15 is 0 Å². The van der Waals surface area contributed by atoms with Gasteiger partial charge in [-0.15, -0.1) is 0 Å². The molecule has 90 valence electrons. The van der Waals surface area contributed by atoms with Gasteiger partial charge in [0.2, 0.25) is 0 Å². The maximum Gasteiger partial charge on any atom is 0.108 e. The Morgan fingerprint density at radius 3 is 1.69 bits per heavy atom. The summed E-state index contributed by atoms with van der Waals surface area (Å²) in [5.74, 6) is 0. The molecule has 1 aliphatic heterocycles. The minimum absolute atomic E-state index is 0.580. The van der Waals surface area contributed by atoms with Crippen molar-refractivity contribution in [2.24, 2.45) is 0 Å². The van der Waals surface area contributed by atoms with Gasteiger partial charge < -0.3 is 0 Å². The molecular formula is C8H22O2Si6. The summed E-state index contributed by atoms with van der Waals surface area (Å²) in [6, 6.07) is 8.12. The molecule has 16 heavy (non-hydrogen) atoms. The molecule has 0 fully saturated rings. The molecule has 0 saturated heterocycles. The summed E-state index contributed by atoms with van der Waals surface area (Å²) in [4.78, 5) is 9.59. The van der Waals surface area contributed by atoms with Crippen molar-refractivity contribution in [3.63, 3.8) is 0 Å². The number of hydrogen-bond acceptors (Lipinski definition) is 2. The van der Waals surface area contributed by atoms with Gasteiger partial charge in [0, 0.05) is 0 Å². The van der Waals surface area contributed by atoms with Crippen molar-refractivity contribution in [3.05, 3.63) is 35.4 Å². The average Bonchev–Trinajstić information content (AvgIpc) is 2.37. The Morgan fingerprint density at radius 2 is 1.31 bits per heavy atom. The molecule has 8 heteroatoms. The second-order valence-electron chi connectivity index (χ2n) is 4.00. The largest absolute Gasteiger partial charge is 0.232 e. The van der Waals surface area contributed by atoms with Crippen LogP contribution in [0.5, 0.6) is 0 Å². The molecule has 0 unspecified atom stereocenters. The van der Waals surface area contributed by atoms with E-state index in [-0.39, 0.29) is 0 Å². The number of benzene rings is 1. The molecule has 1 aromatic carbocycles. The van der Waals surface area contributed by atoms with E-state index in [9.17, 15) is 0 Å². The van der Waals surface area contributed by atoms with Gasteiger partial charge in [-0.3, -0.25) is 0 Å². The van der Waals surface area contributed by atoms with E-state index in [1.807, 2.05) is 12.1 Å². The van der Waals surface area contributed by atoms with Crippen molar-refractivity contribution in [1.29, 1.82) is 0 Å². The average molecular weight is 319 g/mol. The Morgan fingerprint density at radius 1 is 0.875 bits per heavy atom. The topological polar surface area (TPSA) is 18.5 Å². The minimum atomic E-state index is 0.580. The van der Waals surface area contributed by atoms with Crippen molar-refractivity contribution in [1.82, 2.24) is 0 Å². The SMILES string of the molecule is [SiH3][SiH2][SiH2][SiH2][SiH2][SiH3].c1ccc2c(c1)COOC2. The zero-order valence-corrected chi connectivity index (χ0v) is 20.0. The number of rotatable bonds is 3. The summed E-state index contributed by atoms with van der Waals surface area (Å²) >= 11 is 0. The van der Waals surface area contributed by atoms with Crippen LogP contribution in [0.25, 0.3) is 0 Å². The lowest BCUT2D eigenvalue weighted by Gasteiger charge is -2.14. The summed E-state index contributed by atoms with van der Waals surface area (Å²) in [5, 5.41) is 0. The lowest BCUT2D eigenvalue weighted by Crippen LogP contribution is -2.18. The molecule has 0 bridgehead atoms. The summed E-state index contributed by atoms with van der Waals surface area (Å²) in [6.45, 7) is 1.16. The number of fused-ring (bicyclic) bond motifs is 1. The van der Waals surface area contributed by atoms with Crippen LogP contribution in [0.3, 0.4) is 0 Å². The second kappa shape index (κ2) is 9.47. The molecule has 0 aliphatic carbocycles. The first kappa shape index (κ1) is 14.5. The van der Waals surface area contributed by atoms with Crippen LogP contribution in [0, 0.1) is 0 Å². The van der Waals surface area contributed by atoms with Gasteiger partial charge in [0.15, 0.2) is 0 Å². The predicted molar refractivity (Wildman–Crippen MR) is 90.1 cm³/mol. The fourth-order valence-corrected chi connectivity index (χ4v) is 123. The van der Waals surface area contributed by atoms with Crippen molar-refractivity contribution < 1.29 is 9.78 Å². The second-order valence-corrected chi connectivity index (χ2v) is 48.4. The Hall–Kier alpha value is 0.441. The zero-order valence-electron chi connectivity index (χ0n) is 10.4. The minimum Gasteiger partial charge on any atom is -0.232 e. The standard InChI is InChI=1S/C8H8O2.H14Si6/c1-2-4-8-6-10-9-5-7(8)3-1;1-3-5-6-4-2/h1-4H,5-6H2;3-6H2,1-2H3. The van der Waals surface area contributed by atoms with Gasteiger partial charge in [-0.05, 0) is 64.9 Å². The van der Waals surface area contributed by atoms with E-state index in [0.717, 1.165) is 34.2 Å². The van der Waals surface area contributed by atoms with Gasteiger partial charge in [-0.2, -0.15) is 0 Å². The van der Waals surface area contributed by atoms with E-state index in [2.05, 4.69) is 12.1 Å². The van der Waals surface area contributed by atoms with Crippen molar-refractivity contribution in [2.45, 2.75) is 13.2 Å². The quantitative estimate of drug-likeness (QED) is 0.318. The van der Waals surface area contributed by atoms with Gasteiger partial charge in [-0.1, -0.05) is 24.3 Å². The highest BCUT2D eigenvalue weighted by Crippen LogP contribution is 2.15. The highest BCUT2D eigenvalue weighted by atomic mass is 29.9. The third kappa shape index (κ3) is 5.68. The Labute approximate surface area is 112 Å². The van der Waals surface area contributed by atoms with Crippen LogP contribution in [-0.2, 0) is 23.0 Å². The molecule has 0 atom stereocenters. The lowest BCUT2D eigenvalue weighted by atomic mass is 10.1. The Kier molecular flexibility index (Phi) is 8.58. The predicted octanol–water partition coefficient (Wildman–Crippen LogP) is -4.38. The molecule has 0 spiro atoms.